The van der Waals surface area contributed by atoms with E-state index in [0.717, 1.165) is 0 Å². The van der Waals surface area contributed by atoms with E-state index in [1.807, 2.05) is 0 Å². The number of rotatable bonds is 2. The van der Waals surface area contributed by atoms with E-state index in [1.165, 1.54) is 6.07 Å². The van der Waals surface area contributed by atoms with Gasteiger partial charge in [0.1, 0.15) is 5.15 Å². The number of hydrogen-bond acceptors (Lipinski definition) is 1. The molecule has 1 heterocycles. The van der Waals surface area contributed by atoms with Gasteiger partial charge in [-0.15, -0.1) is 11.6 Å². The van der Waals surface area contributed by atoms with E-state index in [2.05, 4.69) is 4.98 Å². The predicted molar refractivity (Wildman–Crippen MR) is 50.5 cm³/mol. The Morgan fingerprint density at radius 2 is 2.17 bits per heavy atom. The number of nitrogens with one attached hydrogen (secondary N) is 1. The number of aromatic nitrogens is 1. The summed E-state index contributed by atoms with van der Waals surface area (Å²) in [6.07, 6.45) is 0. The molecule has 0 aliphatic carbocycles. The Bertz CT molecular complexity index is 286. The van der Waals surface area contributed by atoms with Gasteiger partial charge in [-0.1, -0.05) is 23.2 Å². The lowest BCUT2D eigenvalue weighted by molar-refractivity contribution is 0.0987. The van der Waals surface area contributed by atoms with E-state index in [9.17, 15) is 4.79 Å². The third kappa shape index (κ3) is 1.94. The normalized spacial score (nSPS) is 13.0. The van der Waals surface area contributed by atoms with Crippen LogP contribution in [-0.4, -0.2) is 16.1 Å². The van der Waals surface area contributed by atoms with Crippen LogP contribution in [0.4, 0.5) is 0 Å². The maximum Gasteiger partial charge on any atom is 0.196 e. The number of Topliss-reactive ketones (excluding diaryl/α,β-unsaturated/α-hetero) is 1. The van der Waals surface area contributed by atoms with Crippen LogP contribution in [0.3, 0.4) is 0 Å². The lowest BCUT2D eigenvalue weighted by atomic mass is 10.2. The fraction of sp³-hybridized carbons (Fsp3) is 0.286. The van der Waals surface area contributed by atoms with Crippen LogP contribution in [0.1, 0.15) is 17.4 Å². The van der Waals surface area contributed by atoms with Crippen molar-refractivity contribution < 1.29 is 4.79 Å². The topological polar surface area (TPSA) is 32.9 Å². The molecular formula is C7H6Cl3NO. The quantitative estimate of drug-likeness (QED) is 0.610. The number of H-pyrrole nitrogens is 1. The maximum absolute atomic E-state index is 11.2. The fourth-order valence-corrected chi connectivity index (χ4v) is 1.18. The molecule has 0 saturated heterocycles. The van der Waals surface area contributed by atoms with Crippen LogP contribution in [0.2, 0.25) is 10.2 Å². The van der Waals surface area contributed by atoms with Crippen molar-refractivity contribution in [3.63, 3.8) is 0 Å². The zero-order valence-electron chi connectivity index (χ0n) is 6.20. The first kappa shape index (κ1) is 9.90. The molecule has 2 nitrogen and oxygen atoms in total. The highest BCUT2D eigenvalue weighted by Gasteiger charge is 2.15. The lowest BCUT2D eigenvalue weighted by Gasteiger charge is -1.97. The Morgan fingerprint density at radius 3 is 2.50 bits per heavy atom. The summed E-state index contributed by atoms with van der Waals surface area (Å²) in [5.74, 6) is -0.217. The summed E-state index contributed by atoms with van der Waals surface area (Å²) in [5, 5.41) is 0.0189. The molecule has 5 heteroatoms. The Morgan fingerprint density at radius 1 is 1.58 bits per heavy atom. The van der Waals surface area contributed by atoms with Crippen molar-refractivity contribution in [3.05, 3.63) is 21.9 Å². The van der Waals surface area contributed by atoms with Crippen molar-refractivity contribution in [1.29, 1.82) is 0 Å². The van der Waals surface area contributed by atoms with Crippen molar-refractivity contribution in [2.24, 2.45) is 0 Å². The molecule has 1 rings (SSSR count). The molecule has 12 heavy (non-hydrogen) atoms. The Hall–Kier alpha value is -0.180. The van der Waals surface area contributed by atoms with Gasteiger partial charge in [0.25, 0.3) is 0 Å². The molecule has 1 aromatic heterocycles. The highest BCUT2D eigenvalue weighted by molar-refractivity contribution is 6.42. The van der Waals surface area contributed by atoms with Crippen molar-refractivity contribution in [2.45, 2.75) is 12.3 Å². The molecular weight excluding hydrogens is 220 g/mol. The van der Waals surface area contributed by atoms with Gasteiger partial charge in [0, 0.05) is 0 Å². The number of alkyl halides is 1. The average molecular weight is 226 g/mol. The monoisotopic (exact) mass is 225 g/mol. The minimum atomic E-state index is -0.573. The Balaban J connectivity index is 2.97. The van der Waals surface area contributed by atoms with Crippen molar-refractivity contribution in [1.82, 2.24) is 4.98 Å². The molecule has 1 unspecified atom stereocenters. The molecule has 1 aromatic rings. The van der Waals surface area contributed by atoms with Crippen LogP contribution in [0.15, 0.2) is 6.07 Å². The second kappa shape index (κ2) is 3.69. The first-order valence-electron chi connectivity index (χ1n) is 3.24. The van der Waals surface area contributed by atoms with Crippen LogP contribution in [0, 0.1) is 0 Å². The number of ketones is 1. The lowest BCUT2D eigenvalue weighted by Crippen LogP contribution is -2.10. The van der Waals surface area contributed by atoms with Crippen LogP contribution < -0.4 is 0 Å². The Labute approximate surface area is 84.8 Å². The second-order valence-corrected chi connectivity index (χ2v) is 3.77. The smallest absolute Gasteiger partial charge is 0.196 e. The van der Waals surface area contributed by atoms with Gasteiger partial charge in [-0.05, 0) is 13.0 Å². The zero-order chi connectivity index (χ0) is 9.30. The third-order valence-corrected chi connectivity index (χ3v) is 2.24. The summed E-state index contributed by atoms with van der Waals surface area (Å²) in [5.41, 5.74) is 0.340. The van der Waals surface area contributed by atoms with Crippen molar-refractivity contribution >= 4 is 40.6 Å². The summed E-state index contributed by atoms with van der Waals surface area (Å²) in [7, 11) is 0. The van der Waals surface area contributed by atoms with Gasteiger partial charge in [0.15, 0.2) is 5.78 Å². The molecule has 1 N–H and O–H groups in total. The zero-order valence-corrected chi connectivity index (χ0v) is 8.46. The summed E-state index contributed by atoms with van der Waals surface area (Å²) >= 11 is 16.8. The molecule has 0 amide bonds. The molecule has 0 radical (unpaired) electrons. The van der Waals surface area contributed by atoms with Gasteiger partial charge in [-0.25, -0.2) is 0 Å². The highest BCUT2D eigenvalue weighted by atomic mass is 35.5. The number of carbonyl (C=O) groups is 1. The van der Waals surface area contributed by atoms with Gasteiger partial charge in [0.05, 0.1) is 16.1 Å². The van der Waals surface area contributed by atoms with Crippen LogP contribution in [0.25, 0.3) is 0 Å². The molecule has 0 aromatic carbocycles. The van der Waals surface area contributed by atoms with Crippen LogP contribution >= 0.6 is 34.8 Å². The molecule has 0 aliphatic heterocycles. The summed E-state index contributed by atoms with van der Waals surface area (Å²) in [4.78, 5) is 13.9. The van der Waals surface area contributed by atoms with Crippen molar-refractivity contribution in [2.75, 3.05) is 0 Å². The number of halogens is 3. The van der Waals surface area contributed by atoms with Crippen LogP contribution in [-0.2, 0) is 0 Å². The second-order valence-electron chi connectivity index (χ2n) is 2.33. The maximum atomic E-state index is 11.2. The molecule has 1 atom stereocenters. The number of aromatic amines is 1. The minimum Gasteiger partial charge on any atom is -0.342 e. The predicted octanol–water partition coefficient (Wildman–Crippen LogP) is 3.13. The van der Waals surface area contributed by atoms with E-state index in [4.69, 9.17) is 34.8 Å². The van der Waals surface area contributed by atoms with E-state index in [-0.39, 0.29) is 10.9 Å². The van der Waals surface area contributed by atoms with Crippen LogP contribution in [0.5, 0.6) is 0 Å². The fourth-order valence-electron chi connectivity index (χ4n) is 0.751. The van der Waals surface area contributed by atoms with Gasteiger partial charge < -0.3 is 4.98 Å². The van der Waals surface area contributed by atoms with Gasteiger partial charge in [-0.3, -0.25) is 4.79 Å². The van der Waals surface area contributed by atoms with E-state index < -0.39 is 5.38 Å². The summed E-state index contributed by atoms with van der Waals surface area (Å²) < 4.78 is 0. The number of hydrogen-bond donors (Lipinski definition) is 1. The standard InChI is InChI=1S/C7H6Cl3NO/c1-3(8)6(12)5-2-4(9)7(10)11-5/h2-3,11H,1H3. The first-order chi connectivity index (χ1) is 5.52. The van der Waals surface area contributed by atoms with E-state index in [0.29, 0.717) is 10.7 Å². The van der Waals surface area contributed by atoms with Gasteiger partial charge in [-0.2, -0.15) is 0 Å². The molecule has 0 spiro atoms. The largest absolute Gasteiger partial charge is 0.342 e. The van der Waals surface area contributed by atoms with Gasteiger partial charge >= 0.3 is 0 Å². The highest BCUT2D eigenvalue weighted by Crippen LogP contribution is 2.23. The molecule has 0 aliphatic rings. The SMILES string of the molecule is CC(Cl)C(=O)c1cc(Cl)c(Cl)[nH]1. The summed E-state index contributed by atoms with van der Waals surface area (Å²) in [6.45, 7) is 1.59. The average Bonchev–Trinajstić information content (AvgIpc) is 2.30. The third-order valence-electron chi connectivity index (χ3n) is 1.35. The minimum absolute atomic E-state index is 0.217. The molecule has 0 fully saturated rings. The number of carbonyl (C=O) groups excluding carboxylic acids is 1. The van der Waals surface area contributed by atoms with Crippen molar-refractivity contribution in [3.8, 4) is 0 Å². The molecule has 66 valence electrons. The van der Waals surface area contributed by atoms with Gasteiger partial charge in [0.2, 0.25) is 0 Å². The van der Waals surface area contributed by atoms with E-state index in [1.54, 1.807) is 6.92 Å². The summed E-state index contributed by atoms with van der Waals surface area (Å²) in [6, 6.07) is 1.46. The Kier molecular flexibility index (Phi) is 3.04. The first-order valence-corrected chi connectivity index (χ1v) is 4.44. The molecule has 0 saturated carbocycles. The van der Waals surface area contributed by atoms with E-state index >= 15 is 0 Å². The molecule has 0 bridgehead atoms.